The Morgan fingerprint density at radius 2 is 1.81 bits per heavy atom. The van der Waals surface area contributed by atoms with Crippen LogP contribution >= 0.6 is 0 Å². The fourth-order valence-electron chi connectivity index (χ4n) is 2.58. The smallest absolute Gasteiger partial charge is 0.416 e. The zero-order valence-corrected chi connectivity index (χ0v) is 16.8. The van der Waals surface area contributed by atoms with Gasteiger partial charge >= 0.3 is 12.1 Å². The zero-order valence-electron chi connectivity index (χ0n) is 16.8. The highest BCUT2D eigenvalue weighted by atomic mass is 19.4. The summed E-state index contributed by atoms with van der Waals surface area (Å²) in [5.41, 5.74) is 0.433. The van der Waals surface area contributed by atoms with E-state index in [1.165, 1.54) is 36.7 Å². The lowest BCUT2D eigenvalue weighted by Gasteiger charge is -2.11. The minimum Gasteiger partial charge on any atom is -0.506 e. The minimum absolute atomic E-state index is 0.0145. The van der Waals surface area contributed by atoms with Gasteiger partial charge in [0, 0.05) is 29.2 Å². The number of hydrogen-bond acceptors (Lipinski definition) is 7. The van der Waals surface area contributed by atoms with Gasteiger partial charge in [-0.1, -0.05) is 6.07 Å². The van der Waals surface area contributed by atoms with Crippen molar-refractivity contribution < 1.29 is 38.4 Å². The first-order valence-corrected chi connectivity index (χ1v) is 9.09. The Morgan fingerprint density at radius 3 is 2.41 bits per heavy atom. The van der Waals surface area contributed by atoms with Crippen LogP contribution in [0.2, 0.25) is 0 Å². The molecule has 11 heteroatoms. The minimum atomic E-state index is -4.46. The molecule has 0 aliphatic carbocycles. The van der Waals surface area contributed by atoms with E-state index >= 15 is 0 Å². The van der Waals surface area contributed by atoms with E-state index < -0.39 is 17.7 Å². The lowest BCUT2D eigenvalue weighted by molar-refractivity contribution is -0.137. The van der Waals surface area contributed by atoms with Gasteiger partial charge in [-0.2, -0.15) is 13.2 Å². The molecule has 170 valence electrons. The molecule has 0 spiro atoms. The normalized spacial score (nSPS) is 10.8. The number of anilines is 2. The van der Waals surface area contributed by atoms with Gasteiger partial charge in [0.1, 0.15) is 17.1 Å². The van der Waals surface area contributed by atoms with Gasteiger partial charge < -0.3 is 25.7 Å². The molecular formula is C21H20F3N3O5. The Bertz CT molecular complexity index is 1090. The fourth-order valence-corrected chi connectivity index (χ4v) is 2.58. The van der Waals surface area contributed by atoms with Crippen molar-refractivity contribution >= 4 is 17.5 Å². The second kappa shape index (κ2) is 10.6. The Kier molecular flexibility index (Phi) is 8.10. The number of aromatic carboxylic acids is 1. The van der Waals surface area contributed by atoms with Crippen molar-refractivity contribution in [2.75, 3.05) is 5.32 Å². The van der Waals surface area contributed by atoms with Crippen LogP contribution in [0, 0.1) is 6.92 Å². The fraction of sp³-hybridized carbons (Fsp3) is 0.190. The first-order valence-electron chi connectivity index (χ1n) is 9.09. The van der Waals surface area contributed by atoms with Crippen molar-refractivity contribution in [3.8, 4) is 5.75 Å². The molecule has 0 amide bonds. The Hall–Kier alpha value is -3.70. The number of rotatable bonds is 5. The standard InChI is InChI=1S/C13H9F3N2O2.C8H11NO3/c14-13(15,16)8-3-1-4-9(7-8)18-11-10(12(19)20)5-2-6-17-11;1-5-8(12)7(4-11)6(3-10)2-9-5/h1-7H,(H,17,18)(H,19,20);2,10-12H,3-4H2,1H3. The highest BCUT2D eigenvalue weighted by Crippen LogP contribution is 2.31. The predicted molar refractivity (Wildman–Crippen MR) is 108 cm³/mol. The lowest BCUT2D eigenvalue weighted by atomic mass is 10.1. The molecule has 3 aromatic rings. The van der Waals surface area contributed by atoms with Crippen molar-refractivity contribution in [2.45, 2.75) is 26.3 Å². The van der Waals surface area contributed by atoms with Gasteiger partial charge in [0.2, 0.25) is 0 Å². The van der Waals surface area contributed by atoms with E-state index in [1.54, 1.807) is 6.92 Å². The van der Waals surface area contributed by atoms with Crippen LogP contribution in [0.25, 0.3) is 0 Å². The van der Waals surface area contributed by atoms with Crippen molar-refractivity contribution in [1.29, 1.82) is 0 Å². The molecule has 0 unspecified atom stereocenters. The molecule has 0 bridgehead atoms. The maximum absolute atomic E-state index is 12.6. The summed E-state index contributed by atoms with van der Waals surface area (Å²) in [6.45, 7) is 1.12. The number of aliphatic hydroxyl groups is 2. The molecule has 2 heterocycles. The number of aryl methyl sites for hydroxylation is 1. The number of hydrogen-bond donors (Lipinski definition) is 5. The molecule has 0 saturated carbocycles. The molecular weight excluding hydrogens is 431 g/mol. The third-order valence-electron chi connectivity index (χ3n) is 4.25. The van der Waals surface area contributed by atoms with Gasteiger partial charge in [-0.25, -0.2) is 9.78 Å². The summed E-state index contributed by atoms with van der Waals surface area (Å²) < 4.78 is 37.7. The van der Waals surface area contributed by atoms with Gasteiger partial charge in [0.25, 0.3) is 0 Å². The SMILES string of the molecule is Cc1ncc(CO)c(CO)c1O.O=C(O)c1cccnc1Nc1cccc(C(F)(F)F)c1. The Balaban J connectivity index is 0.000000258. The van der Waals surface area contributed by atoms with E-state index in [2.05, 4.69) is 15.3 Å². The maximum Gasteiger partial charge on any atom is 0.416 e. The number of nitrogens with zero attached hydrogens (tertiary/aromatic N) is 2. The van der Waals surface area contributed by atoms with E-state index in [-0.39, 0.29) is 36.0 Å². The third kappa shape index (κ3) is 6.15. The molecule has 2 aromatic heterocycles. The quantitative estimate of drug-likeness (QED) is 0.397. The number of nitrogens with one attached hydrogen (secondary N) is 1. The summed E-state index contributed by atoms with van der Waals surface area (Å²) in [6.07, 6.45) is -1.67. The van der Waals surface area contributed by atoms with Crippen LogP contribution in [0.3, 0.4) is 0 Å². The molecule has 0 aliphatic rings. The number of aromatic hydroxyl groups is 1. The van der Waals surface area contributed by atoms with Gasteiger partial charge in [-0.15, -0.1) is 0 Å². The summed E-state index contributed by atoms with van der Waals surface area (Å²) in [5, 5.41) is 38.6. The van der Waals surface area contributed by atoms with Crippen molar-refractivity contribution in [3.05, 3.63) is 76.7 Å². The van der Waals surface area contributed by atoms with Crippen molar-refractivity contribution in [2.24, 2.45) is 0 Å². The summed E-state index contributed by atoms with van der Waals surface area (Å²) >= 11 is 0. The number of carbonyl (C=O) groups is 1. The summed E-state index contributed by atoms with van der Waals surface area (Å²) in [4.78, 5) is 18.6. The first-order chi connectivity index (χ1) is 15.1. The van der Waals surface area contributed by atoms with E-state index in [4.69, 9.17) is 15.3 Å². The number of aromatic nitrogens is 2. The molecule has 0 atom stereocenters. The van der Waals surface area contributed by atoms with Crippen LogP contribution in [0.4, 0.5) is 24.7 Å². The number of benzene rings is 1. The molecule has 5 N–H and O–H groups in total. The van der Waals surface area contributed by atoms with Crippen molar-refractivity contribution in [1.82, 2.24) is 9.97 Å². The number of halogens is 3. The molecule has 0 fully saturated rings. The van der Waals surface area contributed by atoms with E-state index in [0.717, 1.165) is 12.1 Å². The molecule has 3 rings (SSSR count). The molecule has 1 aromatic carbocycles. The summed E-state index contributed by atoms with van der Waals surface area (Å²) in [7, 11) is 0. The number of aliphatic hydroxyl groups excluding tert-OH is 2. The topological polar surface area (TPSA) is 136 Å². The van der Waals surface area contributed by atoms with Gasteiger partial charge in [-0.3, -0.25) is 4.98 Å². The van der Waals surface area contributed by atoms with Crippen LogP contribution in [0.5, 0.6) is 5.75 Å². The highest BCUT2D eigenvalue weighted by Gasteiger charge is 2.30. The van der Waals surface area contributed by atoms with Gasteiger partial charge in [0.05, 0.1) is 24.5 Å². The molecule has 0 aliphatic heterocycles. The van der Waals surface area contributed by atoms with E-state index in [1.807, 2.05) is 0 Å². The molecule has 0 saturated heterocycles. The third-order valence-corrected chi connectivity index (χ3v) is 4.25. The van der Waals surface area contributed by atoms with Gasteiger partial charge in [0.15, 0.2) is 0 Å². The second-order valence-electron chi connectivity index (χ2n) is 6.42. The number of carboxylic acid groups (broad SMARTS) is 1. The average Bonchev–Trinajstić information content (AvgIpc) is 2.76. The highest BCUT2D eigenvalue weighted by molar-refractivity contribution is 5.93. The average molecular weight is 451 g/mol. The first kappa shape index (κ1) is 24.6. The Labute approximate surface area is 180 Å². The molecule has 8 nitrogen and oxygen atoms in total. The van der Waals surface area contributed by atoms with Crippen LogP contribution in [-0.4, -0.2) is 36.4 Å². The zero-order chi connectivity index (χ0) is 23.9. The lowest BCUT2D eigenvalue weighted by Crippen LogP contribution is -2.07. The molecule has 0 radical (unpaired) electrons. The summed E-state index contributed by atoms with van der Waals surface area (Å²) in [6, 6.07) is 7.19. The van der Waals surface area contributed by atoms with Crippen LogP contribution in [0.1, 0.15) is 32.7 Å². The largest absolute Gasteiger partial charge is 0.506 e. The van der Waals surface area contributed by atoms with E-state index in [9.17, 15) is 23.1 Å². The molecule has 32 heavy (non-hydrogen) atoms. The Morgan fingerprint density at radius 1 is 1.09 bits per heavy atom. The van der Waals surface area contributed by atoms with Crippen molar-refractivity contribution in [3.63, 3.8) is 0 Å². The number of alkyl halides is 3. The predicted octanol–water partition coefficient (Wildman–Crippen LogP) is 3.62. The van der Waals surface area contributed by atoms with Gasteiger partial charge in [-0.05, 0) is 37.3 Å². The van der Waals surface area contributed by atoms with Crippen LogP contribution in [-0.2, 0) is 19.4 Å². The number of pyridine rings is 2. The maximum atomic E-state index is 12.6. The number of carboxylic acids is 1. The van der Waals surface area contributed by atoms with E-state index in [0.29, 0.717) is 16.8 Å². The summed E-state index contributed by atoms with van der Waals surface area (Å²) in [5.74, 6) is -1.27. The second-order valence-corrected chi connectivity index (χ2v) is 6.42. The van der Waals surface area contributed by atoms with Crippen LogP contribution < -0.4 is 5.32 Å². The monoisotopic (exact) mass is 451 g/mol. The van der Waals surface area contributed by atoms with Crippen LogP contribution in [0.15, 0.2) is 48.8 Å².